The molecule has 1 aromatic heterocycles. The number of ketones is 4. The molecule has 1 heterocycles. The van der Waals surface area contributed by atoms with Crippen molar-refractivity contribution in [3.8, 4) is 0 Å². The third kappa shape index (κ3) is 5.39. The Hall–Kier alpha value is -3.81. The fourth-order valence-corrected chi connectivity index (χ4v) is 4.11. The molecule has 1 aromatic carbocycles. The topological polar surface area (TPSA) is 141 Å². The number of aromatic nitrogens is 1. The lowest BCUT2D eigenvalue weighted by atomic mass is 9.64. The molecule has 2 unspecified atom stereocenters. The smallest absolute Gasteiger partial charge is 0.248 e. The summed E-state index contributed by atoms with van der Waals surface area (Å²) in [7, 11) is 0. The molecule has 2 rings (SSSR count). The maximum absolute atomic E-state index is 13.4. The molecule has 0 bridgehead atoms. The van der Waals surface area contributed by atoms with Crippen molar-refractivity contribution in [2.75, 3.05) is 0 Å². The van der Waals surface area contributed by atoms with Crippen molar-refractivity contribution in [1.82, 2.24) is 4.98 Å². The number of amides is 1. The fraction of sp³-hybridized carbons (Fsp3) is 0.346. The van der Waals surface area contributed by atoms with E-state index < -0.39 is 46.8 Å². The van der Waals surface area contributed by atoms with Gasteiger partial charge in [0.25, 0.3) is 0 Å². The summed E-state index contributed by atoms with van der Waals surface area (Å²) in [5.74, 6) is -5.74. The van der Waals surface area contributed by atoms with Crippen LogP contribution in [0.5, 0.6) is 0 Å². The van der Waals surface area contributed by atoms with Gasteiger partial charge in [0.05, 0.1) is 0 Å². The molecule has 8 nitrogen and oxygen atoms in total. The standard InChI is InChI=1S/C26H28N2O6/c1-4-21(31)24(22(32)14-19-8-5-6-10-20(19)25(27)34)26(15-29,17(3)30)23(33)12-11-18-9-7-13-28-16(18)2/h5-10,13,15,24H,4,11-12,14H2,1-3H3,(H2,27,34). The maximum atomic E-state index is 13.4. The summed E-state index contributed by atoms with van der Waals surface area (Å²) < 4.78 is 0. The van der Waals surface area contributed by atoms with Gasteiger partial charge in [-0.15, -0.1) is 0 Å². The Morgan fingerprint density at radius 3 is 2.24 bits per heavy atom. The van der Waals surface area contributed by atoms with E-state index in [4.69, 9.17) is 5.73 Å². The van der Waals surface area contributed by atoms with Crippen LogP contribution in [-0.2, 0) is 36.8 Å². The Balaban J connectivity index is 2.48. The van der Waals surface area contributed by atoms with E-state index in [0.717, 1.165) is 12.5 Å². The first-order chi connectivity index (χ1) is 16.1. The third-order valence-electron chi connectivity index (χ3n) is 6.06. The lowest BCUT2D eigenvalue weighted by Gasteiger charge is -2.31. The number of rotatable bonds is 13. The van der Waals surface area contributed by atoms with Gasteiger partial charge in [-0.3, -0.25) is 29.0 Å². The highest BCUT2D eigenvalue weighted by Crippen LogP contribution is 2.34. The number of carbonyl (C=O) groups is 6. The number of nitrogens with two attached hydrogens (primary N) is 1. The molecule has 8 heteroatoms. The van der Waals surface area contributed by atoms with Gasteiger partial charge in [-0.2, -0.15) is 0 Å². The number of aldehydes is 1. The molecule has 178 valence electrons. The van der Waals surface area contributed by atoms with E-state index >= 15 is 0 Å². The van der Waals surface area contributed by atoms with Gasteiger partial charge in [0.1, 0.15) is 23.8 Å². The van der Waals surface area contributed by atoms with Crippen LogP contribution in [-0.4, -0.2) is 40.3 Å². The normalized spacial score (nSPS) is 13.4. The van der Waals surface area contributed by atoms with Gasteiger partial charge in [0.2, 0.25) is 5.91 Å². The average molecular weight is 465 g/mol. The Labute approximate surface area is 197 Å². The summed E-state index contributed by atoms with van der Waals surface area (Å²) >= 11 is 0. The van der Waals surface area contributed by atoms with Crippen molar-refractivity contribution in [3.63, 3.8) is 0 Å². The van der Waals surface area contributed by atoms with Crippen LogP contribution in [0.25, 0.3) is 0 Å². The minimum Gasteiger partial charge on any atom is -0.366 e. The summed E-state index contributed by atoms with van der Waals surface area (Å²) in [6.07, 6.45) is 1.09. The van der Waals surface area contributed by atoms with Crippen molar-refractivity contribution in [1.29, 1.82) is 0 Å². The van der Waals surface area contributed by atoms with Gasteiger partial charge in [0.15, 0.2) is 17.0 Å². The Morgan fingerprint density at radius 1 is 1.03 bits per heavy atom. The maximum Gasteiger partial charge on any atom is 0.248 e. The molecule has 34 heavy (non-hydrogen) atoms. The monoisotopic (exact) mass is 464 g/mol. The predicted molar refractivity (Wildman–Crippen MR) is 124 cm³/mol. The van der Waals surface area contributed by atoms with Gasteiger partial charge in [-0.25, -0.2) is 0 Å². The quantitative estimate of drug-likeness (QED) is 0.354. The molecule has 0 aliphatic rings. The van der Waals surface area contributed by atoms with E-state index in [2.05, 4.69) is 4.98 Å². The number of hydrogen-bond acceptors (Lipinski definition) is 7. The summed E-state index contributed by atoms with van der Waals surface area (Å²) in [6, 6.07) is 9.55. The SMILES string of the molecule is CCC(=O)C(C(=O)Cc1ccccc1C(N)=O)C(C=O)(C(C)=O)C(=O)CCc1cccnc1C. The van der Waals surface area contributed by atoms with E-state index in [1.54, 1.807) is 37.4 Å². The van der Waals surface area contributed by atoms with Crippen LogP contribution < -0.4 is 5.73 Å². The molecule has 0 aliphatic heterocycles. The molecule has 0 saturated carbocycles. The Bertz CT molecular complexity index is 1140. The van der Waals surface area contributed by atoms with E-state index in [0.29, 0.717) is 5.69 Å². The summed E-state index contributed by atoms with van der Waals surface area (Å²) in [5, 5.41) is 0. The van der Waals surface area contributed by atoms with Crippen LogP contribution in [0.1, 0.15) is 53.9 Å². The molecule has 2 atom stereocenters. The molecule has 0 radical (unpaired) electrons. The first-order valence-corrected chi connectivity index (χ1v) is 10.9. The van der Waals surface area contributed by atoms with Gasteiger partial charge in [0, 0.05) is 36.7 Å². The number of primary amides is 1. The lowest BCUT2D eigenvalue weighted by Crippen LogP contribution is -2.53. The highest BCUT2D eigenvalue weighted by molar-refractivity contribution is 6.25. The van der Waals surface area contributed by atoms with Crippen LogP contribution in [0.15, 0.2) is 42.6 Å². The second-order valence-corrected chi connectivity index (χ2v) is 8.13. The predicted octanol–water partition coefficient (Wildman–Crippen LogP) is 2.17. The van der Waals surface area contributed by atoms with Crippen LogP contribution in [0.2, 0.25) is 0 Å². The van der Waals surface area contributed by atoms with Crippen LogP contribution in [0.4, 0.5) is 0 Å². The van der Waals surface area contributed by atoms with Gasteiger partial charge in [-0.1, -0.05) is 31.2 Å². The Kier molecular flexibility index (Phi) is 8.83. The Morgan fingerprint density at radius 2 is 1.68 bits per heavy atom. The van der Waals surface area contributed by atoms with Crippen molar-refractivity contribution in [2.45, 2.75) is 46.5 Å². The molecule has 2 N–H and O–H groups in total. The van der Waals surface area contributed by atoms with Crippen LogP contribution in [0.3, 0.4) is 0 Å². The van der Waals surface area contributed by atoms with Crippen molar-refractivity contribution in [2.24, 2.45) is 17.1 Å². The average Bonchev–Trinajstić information content (AvgIpc) is 2.81. The van der Waals surface area contributed by atoms with Crippen molar-refractivity contribution in [3.05, 3.63) is 65.0 Å². The molecule has 0 fully saturated rings. The molecule has 2 aromatic rings. The third-order valence-corrected chi connectivity index (χ3v) is 6.06. The lowest BCUT2D eigenvalue weighted by molar-refractivity contribution is -0.156. The van der Waals surface area contributed by atoms with Crippen LogP contribution >= 0.6 is 0 Å². The molecule has 1 amide bonds. The van der Waals surface area contributed by atoms with E-state index in [1.165, 1.54) is 19.1 Å². The fourth-order valence-electron chi connectivity index (χ4n) is 4.11. The molecular formula is C26H28N2O6. The highest BCUT2D eigenvalue weighted by Gasteiger charge is 2.54. The summed E-state index contributed by atoms with van der Waals surface area (Å²) in [5.41, 5.74) is 4.70. The summed E-state index contributed by atoms with van der Waals surface area (Å²) in [6.45, 7) is 4.28. The number of Topliss-reactive ketones (excluding diaryl/α,β-unsaturated/α-hetero) is 4. The number of nitrogens with zero attached hydrogens (tertiary/aromatic N) is 1. The van der Waals surface area contributed by atoms with E-state index in [9.17, 15) is 28.8 Å². The van der Waals surface area contributed by atoms with Gasteiger partial charge in [-0.05, 0) is 43.5 Å². The highest BCUT2D eigenvalue weighted by atomic mass is 16.2. The zero-order valence-electron chi connectivity index (χ0n) is 19.5. The van der Waals surface area contributed by atoms with Crippen molar-refractivity contribution < 1.29 is 28.8 Å². The number of aryl methyl sites for hydroxylation is 2. The molecule has 0 saturated heterocycles. The van der Waals surface area contributed by atoms with Gasteiger partial charge >= 0.3 is 0 Å². The molecule has 0 aliphatic carbocycles. The molecular weight excluding hydrogens is 436 g/mol. The van der Waals surface area contributed by atoms with Crippen molar-refractivity contribution >= 4 is 35.3 Å². The zero-order valence-corrected chi connectivity index (χ0v) is 19.5. The first kappa shape index (κ1) is 26.4. The minimum atomic E-state index is -2.44. The summed E-state index contributed by atoms with van der Waals surface area (Å²) in [4.78, 5) is 80.7. The second-order valence-electron chi connectivity index (χ2n) is 8.13. The zero-order chi connectivity index (χ0) is 25.5. The first-order valence-electron chi connectivity index (χ1n) is 10.9. The number of hydrogen-bond donors (Lipinski definition) is 1. The van der Waals surface area contributed by atoms with E-state index in [-0.39, 0.29) is 36.7 Å². The largest absolute Gasteiger partial charge is 0.366 e. The number of carbonyl (C=O) groups excluding carboxylic acids is 6. The van der Waals surface area contributed by atoms with E-state index in [1.807, 2.05) is 0 Å². The van der Waals surface area contributed by atoms with Gasteiger partial charge < -0.3 is 10.5 Å². The van der Waals surface area contributed by atoms with Crippen LogP contribution in [0, 0.1) is 18.3 Å². The second kappa shape index (κ2) is 11.4. The number of pyridine rings is 1. The molecule has 0 spiro atoms. The number of benzene rings is 1. The minimum absolute atomic E-state index is 0.0801.